The minimum atomic E-state index is -2.48. The Bertz CT molecular complexity index is 2370. The number of benzene rings is 6. The first-order valence-corrected chi connectivity index (χ1v) is 17.8. The summed E-state index contributed by atoms with van der Waals surface area (Å²) in [6.07, 6.45) is -2.24. The first-order chi connectivity index (χ1) is 27.4. The molecule has 0 radical (unpaired) electrons. The number of esters is 1. The molecule has 2 amide bonds. The minimum Gasteiger partial charge on any atom is -0.448 e. The molecule has 0 spiro atoms. The molecule has 7 nitrogen and oxygen atoms in total. The zero-order chi connectivity index (χ0) is 40.4. The SMILES string of the molecule is Cc1ccc(C(c2ccccc2)(c2ccccc2)N(C(=O)OCC2c3ccccc3-c3ccccc32)[C@@H](CC(N)=O)C(=O)Oc2c(F)c(F)c(F)c(F)c2F)cc1. The Morgan fingerprint density at radius 1 is 0.632 bits per heavy atom. The molecule has 0 heterocycles. The van der Waals surface area contributed by atoms with Crippen LogP contribution < -0.4 is 10.5 Å². The number of halogens is 5. The summed E-state index contributed by atoms with van der Waals surface area (Å²) < 4.78 is 84.1. The van der Waals surface area contributed by atoms with E-state index < -0.39 is 76.7 Å². The first-order valence-electron chi connectivity index (χ1n) is 17.8. The number of carbonyl (C=O) groups excluding carboxylic acids is 3. The predicted molar refractivity (Wildman–Crippen MR) is 200 cm³/mol. The van der Waals surface area contributed by atoms with E-state index in [9.17, 15) is 22.8 Å². The molecule has 2 N–H and O–H groups in total. The lowest BCUT2D eigenvalue weighted by Crippen LogP contribution is -2.60. The summed E-state index contributed by atoms with van der Waals surface area (Å²) in [7, 11) is 0. The maximum absolute atomic E-state index is 15.3. The van der Waals surface area contributed by atoms with Gasteiger partial charge in [-0.25, -0.2) is 22.8 Å². The van der Waals surface area contributed by atoms with Gasteiger partial charge in [0.15, 0.2) is 0 Å². The van der Waals surface area contributed by atoms with Crippen molar-refractivity contribution in [3.05, 3.63) is 196 Å². The average Bonchev–Trinajstić information content (AvgIpc) is 3.55. The molecular formula is C45H33F5N2O5. The normalized spacial score (nSPS) is 12.7. The van der Waals surface area contributed by atoms with Crippen LogP contribution in [0.25, 0.3) is 11.1 Å². The molecule has 1 aliphatic carbocycles. The number of hydrogen-bond acceptors (Lipinski definition) is 5. The summed E-state index contributed by atoms with van der Waals surface area (Å²) in [4.78, 5) is 43.5. The molecule has 6 aromatic rings. The standard InChI is InChI=1S/C45H33F5N2O5/c1-26-20-22-29(23-21-26)45(27-12-4-2-5-13-27,28-14-6-3-7-15-28)52(35(24-36(51)53)43(54)57-42-40(49)38(47)37(46)39(48)41(42)50)44(55)56-25-34-32-18-10-8-16-30(32)31-17-9-11-19-33(31)34/h2-23,34-35H,24-25H2,1H3,(H2,51,53)/t35-/m0/s1. The highest BCUT2D eigenvalue weighted by molar-refractivity contribution is 5.90. The Morgan fingerprint density at radius 2 is 1.07 bits per heavy atom. The van der Waals surface area contributed by atoms with Gasteiger partial charge < -0.3 is 15.2 Å². The number of carbonyl (C=O) groups is 3. The third kappa shape index (κ3) is 6.88. The van der Waals surface area contributed by atoms with Crippen LogP contribution in [0.3, 0.4) is 0 Å². The molecule has 0 unspecified atom stereocenters. The summed E-state index contributed by atoms with van der Waals surface area (Å²) in [5.41, 5.74) is 9.24. The highest BCUT2D eigenvalue weighted by atomic mass is 19.2. The van der Waals surface area contributed by atoms with E-state index in [1.54, 1.807) is 84.9 Å². The number of aryl methyl sites for hydroxylation is 1. The average molecular weight is 777 g/mol. The van der Waals surface area contributed by atoms with Crippen LogP contribution in [0.1, 0.15) is 45.7 Å². The van der Waals surface area contributed by atoms with Gasteiger partial charge in [-0.15, -0.1) is 0 Å². The molecule has 0 saturated carbocycles. The third-order valence-corrected chi connectivity index (χ3v) is 10.1. The topological polar surface area (TPSA) is 98.9 Å². The van der Waals surface area contributed by atoms with Crippen molar-refractivity contribution in [2.45, 2.75) is 30.8 Å². The summed E-state index contributed by atoms with van der Waals surface area (Å²) >= 11 is 0. The molecule has 57 heavy (non-hydrogen) atoms. The second-order valence-corrected chi connectivity index (χ2v) is 13.5. The summed E-state index contributed by atoms with van der Waals surface area (Å²) in [5, 5.41) is 0. The maximum Gasteiger partial charge on any atom is 0.411 e. The van der Waals surface area contributed by atoms with E-state index in [1.165, 1.54) is 0 Å². The minimum absolute atomic E-state index is 0.285. The van der Waals surface area contributed by atoms with Crippen molar-refractivity contribution in [2.24, 2.45) is 5.73 Å². The lowest BCUT2D eigenvalue weighted by molar-refractivity contribution is -0.144. The summed E-state index contributed by atoms with van der Waals surface area (Å²) in [6.45, 7) is 1.55. The molecular weight excluding hydrogens is 743 g/mol. The van der Waals surface area contributed by atoms with Crippen LogP contribution in [0.2, 0.25) is 0 Å². The Morgan fingerprint density at radius 3 is 1.56 bits per heavy atom. The van der Waals surface area contributed by atoms with E-state index in [2.05, 4.69) is 0 Å². The van der Waals surface area contributed by atoms with Crippen molar-refractivity contribution in [1.29, 1.82) is 0 Å². The predicted octanol–water partition coefficient (Wildman–Crippen LogP) is 9.08. The Labute approximate surface area is 324 Å². The summed E-state index contributed by atoms with van der Waals surface area (Å²) in [6, 6.07) is 36.6. The molecule has 7 rings (SSSR count). The molecule has 0 bridgehead atoms. The van der Waals surface area contributed by atoms with Crippen LogP contribution in [-0.4, -0.2) is 35.5 Å². The van der Waals surface area contributed by atoms with Crippen LogP contribution in [0.4, 0.5) is 26.7 Å². The van der Waals surface area contributed by atoms with Gasteiger partial charge in [0.05, 0.1) is 6.42 Å². The van der Waals surface area contributed by atoms with Crippen molar-refractivity contribution in [3.8, 4) is 16.9 Å². The fourth-order valence-corrected chi connectivity index (χ4v) is 7.55. The van der Waals surface area contributed by atoms with Gasteiger partial charge in [-0.2, -0.15) is 8.78 Å². The monoisotopic (exact) mass is 776 g/mol. The van der Waals surface area contributed by atoms with Crippen LogP contribution in [0, 0.1) is 36.0 Å². The maximum atomic E-state index is 15.3. The van der Waals surface area contributed by atoms with E-state index in [4.69, 9.17) is 15.2 Å². The number of nitrogens with two attached hydrogens (primary N) is 1. The molecule has 0 aromatic heterocycles. The van der Waals surface area contributed by atoms with Gasteiger partial charge in [-0.3, -0.25) is 9.69 Å². The van der Waals surface area contributed by atoms with Gasteiger partial charge in [0, 0.05) is 5.92 Å². The van der Waals surface area contributed by atoms with E-state index in [0.29, 0.717) is 16.7 Å². The fourth-order valence-electron chi connectivity index (χ4n) is 7.55. The zero-order valence-corrected chi connectivity index (χ0v) is 30.2. The van der Waals surface area contributed by atoms with Gasteiger partial charge in [-0.05, 0) is 45.9 Å². The lowest BCUT2D eigenvalue weighted by Gasteiger charge is -2.47. The molecule has 1 aliphatic rings. The number of hydrogen-bond donors (Lipinski definition) is 1. The Balaban J connectivity index is 1.46. The number of amides is 2. The molecule has 6 aromatic carbocycles. The summed E-state index contributed by atoms with van der Waals surface area (Å²) in [5.74, 6) is -17.5. The van der Waals surface area contributed by atoms with Gasteiger partial charge in [0.25, 0.3) is 0 Å². The largest absolute Gasteiger partial charge is 0.448 e. The fraction of sp³-hybridized carbons (Fsp3) is 0.133. The molecule has 0 aliphatic heterocycles. The number of primary amides is 1. The van der Waals surface area contributed by atoms with Crippen molar-refractivity contribution in [1.82, 2.24) is 4.90 Å². The Hall–Kier alpha value is -6.82. The first kappa shape index (κ1) is 38.5. The van der Waals surface area contributed by atoms with Gasteiger partial charge in [0.2, 0.25) is 40.7 Å². The molecule has 288 valence electrons. The zero-order valence-electron chi connectivity index (χ0n) is 30.2. The van der Waals surface area contributed by atoms with E-state index in [0.717, 1.165) is 32.7 Å². The van der Waals surface area contributed by atoms with Crippen LogP contribution in [0.15, 0.2) is 133 Å². The van der Waals surface area contributed by atoms with Crippen molar-refractivity contribution >= 4 is 18.0 Å². The molecule has 0 fully saturated rings. The number of nitrogens with zero attached hydrogens (tertiary/aromatic N) is 1. The van der Waals surface area contributed by atoms with Crippen LogP contribution in [-0.2, 0) is 19.9 Å². The molecule has 1 atom stereocenters. The van der Waals surface area contributed by atoms with Crippen molar-refractivity contribution in [2.75, 3.05) is 6.61 Å². The van der Waals surface area contributed by atoms with Gasteiger partial charge in [-0.1, -0.05) is 139 Å². The quantitative estimate of drug-likeness (QED) is 0.0354. The van der Waals surface area contributed by atoms with E-state index in [-0.39, 0.29) is 6.61 Å². The van der Waals surface area contributed by atoms with Crippen molar-refractivity contribution < 1.29 is 45.8 Å². The van der Waals surface area contributed by atoms with Gasteiger partial charge in [0.1, 0.15) is 18.2 Å². The van der Waals surface area contributed by atoms with Crippen LogP contribution in [0.5, 0.6) is 5.75 Å². The molecule has 12 heteroatoms. The highest BCUT2D eigenvalue weighted by Crippen LogP contribution is 2.47. The van der Waals surface area contributed by atoms with Crippen LogP contribution >= 0.6 is 0 Å². The molecule has 0 saturated heterocycles. The second kappa shape index (κ2) is 15.7. The van der Waals surface area contributed by atoms with Crippen molar-refractivity contribution in [3.63, 3.8) is 0 Å². The lowest BCUT2D eigenvalue weighted by atomic mass is 9.74. The smallest absolute Gasteiger partial charge is 0.411 e. The Kier molecular flexibility index (Phi) is 10.6. The van der Waals surface area contributed by atoms with Gasteiger partial charge >= 0.3 is 12.1 Å². The number of fused-ring (bicyclic) bond motifs is 3. The second-order valence-electron chi connectivity index (χ2n) is 13.5. The third-order valence-electron chi connectivity index (χ3n) is 10.1. The highest BCUT2D eigenvalue weighted by Gasteiger charge is 2.52. The number of ether oxygens (including phenoxy) is 2. The van der Waals surface area contributed by atoms with E-state index in [1.807, 2.05) is 55.5 Å². The van der Waals surface area contributed by atoms with E-state index >= 15 is 13.6 Å². The number of rotatable bonds is 11.